The van der Waals surface area contributed by atoms with Crippen molar-refractivity contribution in [3.8, 4) is 5.75 Å². The molecule has 1 heterocycles. The van der Waals surface area contributed by atoms with Crippen LogP contribution < -0.4 is 10.1 Å². The summed E-state index contributed by atoms with van der Waals surface area (Å²) in [5, 5.41) is 7.09. The fourth-order valence-corrected chi connectivity index (χ4v) is 2.71. The van der Waals surface area contributed by atoms with Gasteiger partial charge in [-0.25, -0.2) is 8.78 Å². The van der Waals surface area contributed by atoms with E-state index in [1.807, 2.05) is 20.0 Å². The Kier molecular flexibility index (Phi) is 5.49. The van der Waals surface area contributed by atoms with Crippen molar-refractivity contribution in [1.29, 1.82) is 0 Å². The summed E-state index contributed by atoms with van der Waals surface area (Å²) in [7, 11) is 1.81. The van der Waals surface area contributed by atoms with Crippen molar-refractivity contribution in [3.05, 3.63) is 82.7 Å². The van der Waals surface area contributed by atoms with Crippen LogP contribution in [0.15, 0.2) is 48.5 Å². The summed E-state index contributed by atoms with van der Waals surface area (Å²) in [5.41, 5.74) is 2.78. The molecule has 0 aliphatic rings. The first-order chi connectivity index (χ1) is 12.9. The third-order valence-electron chi connectivity index (χ3n) is 4.07. The fourth-order valence-electron chi connectivity index (χ4n) is 2.71. The molecule has 1 amide bonds. The van der Waals surface area contributed by atoms with E-state index >= 15 is 0 Å². The maximum atomic E-state index is 13.7. The molecule has 0 bridgehead atoms. The highest BCUT2D eigenvalue weighted by Gasteiger charge is 2.13. The van der Waals surface area contributed by atoms with Gasteiger partial charge in [0.15, 0.2) is 11.6 Å². The minimum atomic E-state index is -0.788. The van der Waals surface area contributed by atoms with Gasteiger partial charge in [-0.1, -0.05) is 18.2 Å². The third-order valence-corrected chi connectivity index (χ3v) is 4.07. The van der Waals surface area contributed by atoms with E-state index in [9.17, 15) is 13.6 Å². The molecule has 3 aromatic rings. The molecule has 27 heavy (non-hydrogen) atoms. The molecule has 0 spiro atoms. The Hall–Kier alpha value is -3.22. The van der Waals surface area contributed by atoms with E-state index in [2.05, 4.69) is 10.4 Å². The van der Waals surface area contributed by atoms with Crippen LogP contribution in [0.5, 0.6) is 5.75 Å². The molecule has 0 aliphatic heterocycles. The molecule has 0 saturated carbocycles. The van der Waals surface area contributed by atoms with E-state index in [-0.39, 0.29) is 18.3 Å². The number of nitrogens with one attached hydrogen (secondary N) is 1. The van der Waals surface area contributed by atoms with Crippen LogP contribution in [0.3, 0.4) is 0 Å². The molecule has 2 aromatic carbocycles. The van der Waals surface area contributed by atoms with Crippen molar-refractivity contribution in [3.63, 3.8) is 0 Å². The minimum Gasteiger partial charge on any atom is -0.486 e. The Morgan fingerprint density at radius 2 is 1.96 bits per heavy atom. The fraction of sp³-hybridized carbons (Fsp3) is 0.200. The third kappa shape index (κ3) is 4.49. The molecule has 1 N–H and O–H groups in total. The van der Waals surface area contributed by atoms with E-state index < -0.39 is 11.6 Å². The number of carbonyl (C=O) groups excluding carboxylic acids is 1. The second kappa shape index (κ2) is 7.99. The molecule has 140 valence electrons. The molecular formula is C20H19F2N3O2. The van der Waals surface area contributed by atoms with Crippen molar-refractivity contribution in [2.24, 2.45) is 7.05 Å². The zero-order valence-corrected chi connectivity index (χ0v) is 15.0. The Labute approximate surface area is 155 Å². The van der Waals surface area contributed by atoms with Gasteiger partial charge in [0.2, 0.25) is 0 Å². The number of amides is 1. The average Bonchev–Trinajstić information content (AvgIpc) is 2.96. The van der Waals surface area contributed by atoms with E-state index in [1.54, 1.807) is 28.9 Å². The number of aryl methyl sites for hydroxylation is 2. The molecule has 3 rings (SSSR count). The minimum absolute atomic E-state index is 0.0169. The van der Waals surface area contributed by atoms with Crippen molar-refractivity contribution in [2.75, 3.05) is 0 Å². The Bertz CT molecular complexity index is 970. The second-order valence-electron chi connectivity index (χ2n) is 6.10. The number of hydrogen-bond acceptors (Lipinski definition) is 3. The topological polar surface area (TPSA) is 56.1 Å². The Morgan fingerprint density at radius 1 is 1.19 bits per heavy atom. The molecular weight excluding hydrogens is 352 g/mol. The van der Waals surface area contributed by atoms with E-state index in [0.29, 0.717) is 17.7 Å². The maximum absolute atomic E-state index is 13.7. The average molecular weight is 371 g/mol. The lowest BCUT2D eigenvalue weighted by molar-refractivity contribution is 0.0947. The van der Waals surface area contributed by atoms with Crippen LogP contribution in [0, 0.1) is 18.6 Å². The van der Waals surface area contributed by atoms with Gasteiger partial charge in [0.25, 0.3) is 5.91 Å². The number of nitrogens with zero attached hydrogens (tertiary/aromatic N) is 2. The molecule has 1 aromatic heterocycles. The number of halogens is 2. The van der Waals surface area contributed by atoms with Crippen molar-refractivity contribution in [2.45, 2.75) is 20.1 Å². The number of carbonyl (C=O) groups is 1. The van der Waals surface area contributed by atoms with Gasteiger partial charge in [-0.15, -0.1) is 0 Å². The number of hydrogen-bond donors (Lipinski definition) is 1. The highest BCUT2D eigenvalue weighted by Crippen LogP contribution is 2.20. The van der Waals surface area contributed by atoms with Gasteiger partial charge in [0.05, 0.1) is 17.9 Å². The predicted molar refractivity (Wildman–Crippen MR) is 96.2 cm³/mol. The monoisotopic (exact) mass is 371 g/mol. The number of benzene rings is 2. The summed E-state index contributed by atoms with van der Waals surface area (Å²) in [6.45, 7) is 2.20. The van der Waals surface area contributed by atoms with Gasteiger partial charge in [-0.2, -0.15) is 5.10 Å². The van der Waals surface area contributed by atoms with Crippen LogP contribution in [0.1, 0.15) is 27.3 Å². The van der Waals surface area contributed by atoms with Gasteiger partial charge in [0.1, 0.15) is 12.4 Å². The first-order valence-corrected chi connectivity index (χ1v) is 8.37. The molecule has 0 saturated heterocycles. The van der Waals surface area contributed by atoms with Crippen LogP contribution in [-0.2, 0) is 20.2 Å². The Balaban J connectivity index is 1.69. The summed E-state index contributed by atoms with van der Waals surface area (Å²) < 4.78 is 33.8. The van der Waals surface area contributed by atoms with Crippen molar-refractivity contribution >= 4 is 5.91 Å². The summed E-state index contributed by atoms with van der Waals surface area (Å²) >= 11 is 0. The SMILES string of the molecule is Cc1cc(CNC(=O)c2ccccc2COc2ccc(F)cc2F)n(C)n1. The first-order valence-electron chi connectivity index (χ1n) is 8.37. The van der Waals surface area contributed by atoms with E-state index in [0.717, 1.165) is 23.5 Å². The summed E-state index contributed by atoms with van der Waals surface area (Å²) in [5.74, 6) is -1.81. The van der Waals surface area contributed by atoms with Crippen LogP contribution >= 0.6 is 0 Å². The smallest absolute Gasteiger partial charge is 0.252 e. The zero-order valence-electron chi connectivity index (χ0n) is 15.0. The normalized spacial score (nSPS) is 10.7. The summed E-state index contributed by atoms with van der Waals surface area (Å²) in [6, 6.07) is 11.9. The predicted octanol–water partition coefficient (Wildman–Crippen LogP) is 3.52. The lowest BCUT2D eigenvalue weighted by Crippen LogP contribution is -2.25. The molecule has 0 atom stereocenters. The van der Waals surface area contributed by atoms with Crippen molar-refractivity contribution in [1.82, 2.24) is 15.1 Å². The van der Waals surface area contributed by atoms with Gasteiger partial charge >= 0.3 is 0 Å². The van der Waals surface area contributed by atoms with E-state index in [4.69, 9.17) is 4.74 Å². The second-order valence-corrected chi connectivity index (χ2v) is 6.10. The highest BCUT2D eigenvalue weighted by molar-refractivity contribution is 5.95. The van der Waals surface area contributed by atoms with Crippen molar-refractivity contribution < 1.29 is 18.3 Å². The van der Waals surface area contributed by atoms with Crippen LogP contribution in [0.25, 0.3) is 0 Å². The highest BCUT2D eigenvalue weighted by atomic mass is 19.1. The van der Waals surface area contributed by atoms with Crippen LogP contribution in [0.2, 0.25) is 0 Å². The number of ether oxygens (including phenoxy) is 1. The van der Waals surface area contributed by atoms with E-state index in [1.165, 1.54) is 6.07 Å². The molecule has 5 nitrogen and oxygen atoms in total. The molecule has 0 aliphatic carbocycles. The number of rotatable bonds is 6. The largest absolute Gasteiger partial charge is 0.486 e. The zero-order chi connectivity index (χ0) is 19.4. The summed E-state index contributed by atoms with van der Waals surface area (Å²) in [6.07, 6.45) is 0. The van der Waals surface area contributed by atoms with Crippen LogP contribution in [0.4, 0.5) is 8.78 Å². The maximum Gasteiger partial charge on any atom is 0.252 e. The molecule has 0 unspecified atom stereocenters. The van der Waals surface area contributed by atoms with Gasteiger partial charge < -0.3 is 10.1 Å². The van der Waals surface area contributed by atoms with Gasteiger partial charge in [-0.05, 0) is 31.2 Å². The lowest BCUT2D eigenvalue weighted by Gasteiger charge is -2.12. The molecule has 0 radical (unpaired) electrons. The molecule has 0 fully saturated rings. The standard InChI is InChI=1S/C20H19F2N3O2/c1-13-9-16(25(2)24-13)11-23-20(26)17-6-4-3-5-14(17)12-27-19-8-7-15(21)10-18(19)22/h3-10H,11-12H2,1-2H3,(H,23,26). The molecule has 7 heteroatoms. The lowest BCUT2D eigenvalue weighted by atomic mass is 10.1. The van der Waals surface area contributed by atoms with Gasteiger partial charge in [0, 0.05) is 24.2 Å². The van der Waals surface area contributed by atoms with Gasteiger partial charge in [-0.3, -0.25) is 9.48 Å². The Morgan fingerprint density at radius 3 is 2.67 bits per heavy atom. The first kappa shape index (κ1) is 18.6. The van der Waals surface area contributed by atoms with Crippen LogP contribution in [-0.4, -0.2) is 15.7 Å². The number of aromatic nitrogens is 2. The summed E-state index contributed by atoms with van der Waals surface area (Å²) in [4.78, 5) is 12.6. The quantitative estimate of drug-likeness (QED) is 0.721.